The van der Waals surface area contributed by atoms with Gasteiger partial charge in [0, 0.05) is 29.7 Å². The molecule has 3 heterocycles. The highest BCUT2D eigenvalue weighted by molar-refractivity contribution is 5.86. The third-order valence-electron chi connectivity index (χ3n) is 11.4. The van der Waals surface area contributed by atoms with Gasteiger partial charge in [-0.2, -0.15) is 0 Å². The molecule has 0 saturated heterocycles. The van der Waals surface area contributed by atoms with Crippen LogP contribution in [0.15, 0.2) is 37.6 Å². The zero-order valence-electron chi connectivity index (χ0n) is 25.9. The minimum absolute atomic E-state index is 0.0778. The normalized spacial score (nSPS) is 35.4. The van der Waals surface area contributed by atoms with Crippen molar-refractivity contribution < 1.29 is 19.4 Å². The van der Waals surface area contributed by atoms with E-state index in [0.29, 0.717) is 42.1 Å². The molecule has 0 amide bonds. The highest BCUT2D eigenvalue weighted by Crippen LogP contribution is 2.68. The first-order chi connectivity index (χ1) is 20.9. The molecule has 12 nitrogen and oxygen atoms in total. The third kappa shape index (κ3) is 4.65. The van der Waals surface area contributed by atoms with E-state index in [4.69, 9.17) is 10.5 Å². The number of allylic oxidation sites excluding steroid dienone is 1. The van der Waals surface area contributed by atoms with Gasteiger partial charge in [0.05, 0.1) is 18.6 Å². The van der Waals surface area contributed by atoms with Gasteiger partial charge < -0.3 is 20.1 Å². The van der Waals surface area contributed by atoms with E-state index in [1.54, 1.807) is 24.7 Å². The minimum Gasteiger partial charge on any atom is -0.460 e. The minimum atomic E-state index is -0.706. The molecule has 0 unspecified atom stereocenters. The number of fused-ring (bicyclic) bond motifs is 1. The summed E-state index contributed by atoms with van der Waals surface area (Å²) in [5.41, 5.74) is 6.06. The lowest BCUT2D eigenvalue weighted by atomic mass is 9.44. The van der Waals surface area contributed by atoms with Crippen molar-refractivity contribution >= 4 is 34.8 Å². The van der Waals surface area contributed by atoms with Crippen molar-refractivity contribution in [3.8, 4) is 0 Å². The molecule has 0 aliphatic heterocycles. The molecule has 0 spiro atoms. The smallest absolute Gasteiger partial charge is 0.328 e. The number of Topliss-reactive ketones (excluding diaryl/α,β-unsaturated/α-hetero) is 1. The van der Waals surface area contributed by atoms with E-state index in [1.807, 2.05) is 17.6 Å². The molecular formula is C32H42N8O4. The lowest BCUT2D eigenvalue weighted by Crippen LogP contribution is -2.63. The van der Waals surface area contributed by atoms with Gasteiger partial charge in [0.25, 0.3) is 0 Å². The summed E-state index contributed by atoms with van der Waals surface area (Å²) >= 11 is 0. The predicted octanol–water partition coefficient (Wildman–Crippen LogP) is 3.62. The fraction of sp³-hybridized carbons (Fsp3) is 0.594. The van der Waals surface area contributed by atoms with E-state index in [9.17, 15) is 14.7 Å². The van der Waals surface area contributed by atoms with Crippen LogP contribution >= 0.6 is 0 Å². The summed E-state index contributed by atoms with van der Waals surface area (Å²) in [7, 11) is 0. The van der Waals surface area contributed by atoms with E-state index in [1.165, 1.54) is 11.0 Å². The van der Waals surface area contributed by atoms with Gasteiger partial charge >= 0.3 is 5.97 Å². The second-order valence-corrected chi connectivity index (χ2v) is 13.6. The molecule has 3 N–H and O–H groups in total. The number of rotatable bonds is 7. The largest absolute Gasteiger partial charge is 0.460 e. The summed E-state index contributed by atoms with van der Waals surface area (Å²) in [6, 6.07) is 0. The number of esters is 1. The Balaban J connectivity index is 1.20. The number of carbonyl (C=O) groups is 2. The number of hydrogen-bond donors (Lipinski definition) is 2. The number of aliphatic hydroxyl groups excluding tert-OH is 1. The number of hydrogen-bond acceptors (Lipinski definition) is 10. The SMILES string of the molecule is C=C[C@]1(C)C[C@@H](OC(=O)Cn2cc(/C=C/Cn3cnc4c(N)ncnc43)nn2)[C@]2(C)[C@H](C)CC[C@]3(CCC(=O)[C@H]32)[C@@H](C)[C@@H]1O. The van der Waals surface area contributed by atoms with Crippen molar-refractivity contribution in [1.29, 1.82) is 0 Å². The molecule has 8 atom stereocenters. The average molecular weight is 603 g/mol. The molecule has 6 rings (SSSR count). The Bertz CT molecular complexity index is 1630. The van der Waals surface area contributed by atoms with Crippen molar-refractivity contribution in [2.75, 3.05) is 5.73 Å². The molecule has 2 bridgehead atoms. The zero-order chi connectivity index (χ0) is 31.4. The van der Waals surface area contributed by atoms with Crippen molar-refractivity contribution in [3.05, 3.63) is 43.3 Å². The van der Waals surface area contributed by atoms with Crippen LogP contribution in [0.5, 0.6) is 0 Å². The van der Waals surface area contributed by atoms with Crippen LogP contribution in [0, 0.1) is 34.0 Å². The van der Waals surface area contributed by atoms with Crippen LogP contribution in [0.3, 0.4) is 0 Å². The van der Waals surface area contributed by atoms with E-state index in [-0.39, 0.29) is 35.5 Å². The standard InChI is InChI=1S/C32H42N8O4/c1-6-30(4)14-23(31(5)19(2)9-11-32(20(3)27(30)43)12-10-22(41)26(31)32)44-24(42)16-40-15-21(37-38-40)8-7-13-39-18-36-25-28(33)34-17-35-29(25)39/h6-8,15,17-20,23,26-27,43H,1,9-14,16H2,2-5H3,(H2,33,34,35)/b8-7+/t19-,20+,23-,26+,27+,30-,31+,32+/m1/s1. The number of imidazole rings is 1. The zero-order valence-corrected chi connectivity index (χ0v) is 25.9. The van der Waals surface area contributed by atoms with Crippen molar-refractivity contribution in [3.63, 3.8) is 0 Å². The van der Waals surface area contributed by atoms with Crippen LogP contribution in [0.25, 0.3) is 17.2 Å². The lowest BCUT2D eigenvalue weighted by Gasteiger charge is -2.61. The number of nitrogens with zero attached hydrogens (tertiary/aromatic N) is 7. The lowest BCUT2D eigenvalue weighted by molar-refractivity contribution is -0.207. The average Bonchev–Trinajstić information content (AvgIpc) is 3.72. The predicted molar refractivity (Wildman–Crippen MR) is 163 cm³/mol. The fourth-order valence-electron chi connectivity index (χ4n) is 8.62. The quantitative estimate of drug-likeness (QED) is 0.301. The summed E-state index contributed by atoms with van der Waals surface area (Å²) in [5, 5.41) is 20.0. The molecule has 0 aromatic carbocycles. The maximum atomic E-state index is 13.6. The van der Waals surface area contributed by atoms with Crippen LogP contribution in [0.4, 0.5) is 5.82 Å². The van der Waals surface area contributed by atoms with Crippen molar-refractivity contribution in [1.82, 2.24) is 34.5 Å². The number of nitrogen functional groups attached to an aromatic ring is 1. The first-order valence-corrected chi connectivity index (χ1v) is 15.4. The third-order valence-corrected chi connectivity index (χ3v) is 11.4. The number of anilines is 1. The maximum absolute atomic E-state index is 13.6. The van der Waals surface area contributed by atoms with Gasteiger partial charge in [0.2, 0.25) is 0 Å². The van der Waals surface area contributed by atoms with Gasteiger partial charge in [0.15, 0.2) is 11.5 Å². The molecule has 3 aliphatic rings. The Morgan fingerprint density at radius 2 is 2.05 bits per heavy atom. The van der Waals surface area contributed by atoms with E-state index >= 15 is 0 Å². The number of nitrogens with two attached hydrogens (primary N) is 1. The highest BCUT2D eigenvalue weighted by Gasteiger charge is 2.68. The summed E-state index contributed by atoms with van der Waals surface area (Å²) < 4.78 is 9.62. The molecular weight excluding hydrogens is 560 g/mol. The molecule has 3 aromatic rings. The van der Waals surface area contributed by atoms with Gasteiger partial charge in [-0.05, 0) is 49.0 Å². The maximum Gasteiger partial charge on any atom is 0.328 e. The first kappa shape index (κ1) is 30.1. The molecule has 0 radical (unpaired) electrons. The topological polar surface area (TPSA) is 164 Å². The van der Waals surface area contributed by atoms with Gasteiger partial charge in [-0.15, -0.1) is 11.7 Å². The van der Waals surface area contributed by atoms with Crippen molar-refractivity contribution in [2.24, 2.45) is 34.0 Å². The molecule has 3 saturated carbocycles. The second kappa shape index (κ2) is 10.9. The summed E-state index contributed by atoms with van der Waals surface area (Å²) in [6.07, 6.45) is 12.4. The number of aliphatic hydroxyl groups is 1. The number of aromatic nitrogens is 7. The highest BCUT2D eigenvalue weighted by atomic mass is 16.5. The Labute approximate surface area is 256 Å². The molecule has 44 heavy (non-hydrogen) atoms. The Kier molecular flexibility index (Phi) is 7.46. The number of carbonyl (C=O) groups excluding carboxylic acids is 2. The Hall–Kier alpha value is -3.93. The molecule has 3 aliphatic carbocycles. The Morgan fingerprint density at radius 1 is 1.25 bits per heavy atom. The van der Waals surface area contributed by atoms with Crippen LogP contribution in [-0.4, -0.2) is 63.6 Å². The van der Waals surface area contributed by atoms with E-state index < -0.39 is 29.0 Å². The molecule has 12 heteroatoms. The molecule has 3 fully saturated rings. The van der Waals surface area contributed by atoms with E-state index in [0.717, 1.165) is 19.3 Å². The summed E-state index contributed by atoms with van der Waals surface area (Å²) in [4.78, 5) is 39.6. The second-order valence-electron chi connectivity index (χ2n) is 13.6. The van der Waals surface area contributed by atoms with Gasteiger partial charge in [-0.3, -0.25) is 9.59 Å². The van der Waals surface area contributed by atoms with Crippen LogP contribution < -0.4 is 5.73 Å². The van der Waals surface area contributed by atoms with Crippen LogP contribution in [0.1, 0.15) is 65.5 Å². The first-order valence-electron chi connectivity index (χ1n) is 15.4. The monoisotopic (exact) mass is 602 g/mol. The van der Waals surface area contributed by atoms with Crippen LogP contribution in [0.2, 0.25) is 0 Å². The van der Waals surface area contributed by atoms with E-state index in [2.05, 4.69) is 52.6 Å². The van der Waals surface area contributed by atoms with Crippen molar-refractivity contribution in [2.45, 2.75) is 85.1 Å². The molecule has 234 valence electrons. The summed E-state index contributed by atoms with van der Waals surface area (Å²) in [6.45, 7) is 12.8. The van der Waals surface area contributed by atoms with Gasteiger partial charge in [-0.1, -0.05) is 45.1 Å². The molecule has 3 aromatic heterocycles. The Morgan fingerprint density at radius 3 is 2.82 bits per heavy atom. The summed E-state index contributed by atoms with van der Waals surface area (Å²) in [5.74, 6) is -0.0838. The van der Waals surface area contributed by atoms with Gasteiger partial charge in [-0.25, -0.2) is 19.6 Å². The fourth-order valence-corrected chi connectivity index (χ4v) is 8.62. The number of ether oxygens (including phenoxy) is 1. The number of ketones is 1. The van der Waals surface area contributed by atoms with Crippen LogP contribution in [-0.2, 0) is 27.4 Å². The van der Waals surface area contributed by atoms with Gasteiger partial charge in [0.1, 0.15) is 36.0 Å².